The van der Waals surface area contributed by atoms with Gasteiger partial charge >= 0.3 is 0 Å². The maximum Gasteiger partial charge on any atom is 0.227 e. The molecule has 1 atom stereocenters. The molecule has 0 aliphatic carbocycles. The van der Waals surface area contributed by atoms with Crippen molar-refractivity contribution in [1.82, 2.24) is 9.88 Å². The van der Waals surface area contributed by atoms with E-state index < -0.39 is 0 Å². The Balaban J connectivity index is 1.71. The van der Waals surface area contributed by atoms with Crippen molar-refractivity contribution in [2.45, 2.75) is 19.3 Å². The number of piperidine rings is 1. The lowest BCUT2D eigenvalue weighted by molar-refractivity contribution is -0.132. The van der Waals surface area contributed by atoms with E-state index in [1.165, 1.54) is 0 Å². The normalized spacial score (nSPS) is 18.8. The van der Waals surface area contributed by atoms with E-state index in [9.17, 15) is 4.79 Å². The van der Waals surface area contributed by atoms with Gasteiger partial charge in [0.2, 0.25) is 5.91 Å². The zero-order valence-electron chi connectivity index (χ0n) is 12.8. The number of rotatable bonds is 4. The number of fused-ring (bicyclic) bond motifs is 1. The van der Waals surface area contributed by atoms with Crippen LogP contribution in [0.3, 0.4) is 0 Å². The van der Waals surface area contributed by atoms with E-state index in [1.807, 2.05) is 29.3 Å². The second-order valence-electron chi connectivity index (χ2n) is 5.98. The fourth-order valence-corrected chi connectivity index (χ4v) is 3.41. The molecule has 1 unspecified atom stereocenters. The van der Waals surface area contributed by atoms with Gasteiger partial charge < -0.3 is 14.6 Å². The van der Waals surface area contributed by atoms with Gasteiger partial charge in [-0.05, 0) is 42.5 Å². The highest BCUT2D eigenvalue weighted by molar-refractivity contribution is 6.31. The third-order valence-electron chi connectivity index (χ3n) is 4.35. The lowest BCUT2D eigenvalue weighted by Gasteiger charge is -2.32. The van der Waals surface area contributed by atoms with E-state index in [2.05, 4.69) is 4.98 Å². The number of aromatic nitrogens is 1. The number of H-pyrrole nitrogens is 1. The maximum atomic E-state index is 12.6. The Bertz CT molecular complexity index is 666. The third kappa shape index (κ3) is 3.28. The molecule has 4 nitrogen and oxygen atoms in total. The summed E-state index contributed by atoms with van der Waals surface area (Å²) in [6.45, 7) is 2.38. The molecule has 1 aromatic carbocycles. The van der Waals surface area contributed by atoms with Gasteiger partial charge in [-0.25, -0.2) is 0 Å². The van der Waals surface area contributed by atoms with Gasteiger partial charge in [0.05, 0.1) is 13.0 Å². The Kier molecular flexibility index (Phi) is 4.69. The van der Waals surface area contributed by atoms with Crippen molar-refractivity contribution in [2.24, 2.45) is 5.92 Å². The topological polar surface area (TPSA) is 45.3 Å². The van der Waals surface area contributed by atoms with Crippen LogP contribution in [0.15, 0.2) is 24.4 Å². The average Bonchev–Trinajstić information content (AvgIpc) is 2.90. The van der Waals surface area contributed by atoms with Crippen LogP contribution < -0.4 is 0 Å². The highest BCUT2D eigenvalue weighted by Crippen LogP contribution is 2.24. The SMILES string of the molecule is COCC1CCCN(C(=O)Cc2c[nH]c3ccc(Cl)cc23)C1. The van der Waals surface area contributed by atoms with E-state index >= 15 is 0 Å². The Morgan fingerprint density at radius 3 is 3.18 bits per heavy atom. The first-order valence-corrected chi connectivity index (χ1v) is 8.07. The number of ether oxygens (including phenoxy) is 1. The summed E-state index contributed by atoms with van der Waals surface area (Å²) in [5, 5.41) is 1.73. The van der Waals surface area contributed by atoms with Crippen LogP contribution in [0.4, 0.5) is 0 Å². The monoisotopic (exact) mass is 320 g/mol. The summed E-state index contributed by atoms with van der Waals surface area (Å²) in [7, 11) is 1.72. The number of likely N-dealkylation sites (tertiary alicyclic amines) is 1. The van der Waals surface area contributed by atoms with Crippen LogP contribution in [-0.2, 0) is 16.0 Å². The van der Waals surface area contributed by atoms with Crippen LogP contribution in [0, 0.1) is 5.92 Å². The van der Waals surface area contributed by atoms with Gasteiger partial charge in [-0.3, -0.25) is 4.79 Å². The van der Waals surface area contributed by atoms with Crippen molar-refractivity contribution in [3.05, 3.63) is 35.0 Å². The van der Waals surface area contributed by atoms with Crippen molar-refractivity contribution in [3.63, 3.8) is 0 Å². The quantitative estimate of drug-likeness (QED) is 0.940. The fraction of sp³-hybridized carbons (Fsp3) is 0.471. The van der Waals surface area contributed by atoms with Gasteiger partial charge in [0.15, 0.2) is 0 Å². The van der Waals surface area contributed by atoms with Gasteiger partial charge in [0.25, 0.3) is 0 Å². The summed E-state index contributed by atoms with van der Waals surface area (Å²) >= 11 is 6.06. The molecule has 5 heteroatoms. The van der Waals surface area contributed by atoms with E-state index in [0.717, 1.165) is 49.0 Å². The molecule has 1 amide bonds. The molecule has 1 fully saturated rings. The minimum Gasteiger partial charge on any atom is -0.384 e. The molecule has 0 saturated carbocycles. The van der Waals surface area contributed by atoms with Crippen LogP contribution in [0.25, 0.3) is 10.9 Å². The molecule has 1 aliphatic heterocycles. The van der Waals surface area contributed by atoms with Crippen molar-refractivity contribution in [1.29, 1.82) is 0 Å². The van der Waals surface area contributed by atoms with Gasteiger partial charge in [-0.1, -0.05) is 11.6 Å². The summed E-state index contributed by atoms with van der Waals surface area (Å²) in [5.74, 6) is 0.641. The molecule has 2 heterocycles. The van der Waals surface area contributed by atoms with E-state index in [4.69, 9.17) is 16.3 Å². The van der Waals surface area contributed by atoms with Crippen LogP contribution in [0.5, 0.6) is 0 Å². The average molecular weight is 321 g/mol. The summed E-state index contributed by atoms with van der Waals surface area (Å²) in [5.41, 5.74) is 2.03. The molecule has 118 valence electrons. The molecule has 0 bridgehead atoms. The van der Waals surface area contributed by atoms with Gasteiger partial charge in [-0.2, -0.15) is 0 Å². The molecule has 1 N–H and O–H groups in total. The molecule has 2 aromatic rings. The molecule has 1 saturated heterocycles. The number of carbonyl (C=O) groups is 1. The Morgan fingerprint density at radius 1 is 1.50 bits per heavy atom. The first kappa shape index (κ1) is 15.4. The third-order valence-corrected chi connectivity index (χ3v) is 4.58. The van der Waals surface area contributed by atoms with E-state index in [1.54, 1.807) is 7.11 Å². The van der Waals surface area contributed by atoms with E-state index in [0.29, 0.717) is 17.4 Å². The zero-order chi connectivity index (χ0) is 15.5. The Labute approximate surface area is 135 Å². The van der Waals surface area contributed by atoms with Crippen molar-refractivity contribution >= 4 is 28.4 Å². The van der Waals surface area contributed by atoms with Crippen molar-refractivity contribution < 1.29 is 9.53 Å². The number of hydrogen-bond acceptors (Lipinski definition) is 2. The van der Waals surface area contributed by atoms with Crippen LogP contribution in [0.1, 0.15) is 18.4 Å². The van der Waals surface area contributed by atoms with Crippen molar-refractivity contribution in [2.75, 3.05) is 26.8 Å². The molecular formula is C17H21ClN2O2. The second-order valence-corrected chi connectivity index (χ2v) is 6.42. The Hall–Kier alpha value is -1.52. The number of amides is 1. The standard InChI is InChI=1S/C17H21ClN2O2/c1-22-11-12-3-2-6-20(10-12)17(21)7-13-9-19-16-5-4-14(18)8-15(13)16/h4-5,8-9,12,19H,2-3,6-7,10-11H2,1H3. The fourth-order valence-electron chi connectivity index (χ4n) is 3.23. The molecule has 0 radical (unpaired) electrons. The summed E-state index contributed by atoms with van der Waals surface area (Å²) in [6, 6.07) is 5.72. The molecule has 1 aromatic heterocycles. The lowest BCUT2D eigenvalue weighted by atomic mass is 9.98. The van der Waals surface area contributed by atoms with Gasteiger partial charge in [0.1, 0.15) is 0 Å². The number of halogens is 1. The predicted molar refractivity (Wildman–Crippen MR) is 88.2 cm³/mol. The number of hydrogen-bond donors (Lipinski definition) is 1. The van der Waals surface area contributed by atoms with Crippen LogP contribution in [0.2, 0.25) is 5.02 Å². The van der Waals surface area contributed by atoms with Crippen LogP contribution >= 0.6 is 11.6 Å². The number of methoxy groups -OCH3 is 1. The summed E-state index contributed by atoms with van der Waals surface area (Å²) in [4.78, 5) is 17.8. The van der Waals surface area contributed by atoms with Crippen molar-refractivity contribution in [3.8, 4) is 0 Å². The van der Waals surface area contributed by atoms with E-state index in [-0.39, 0.29) is 5.91 Å². The first-order valence-electron chi connectivity index (χ1n) is 7.69. The summed E-state index contributed by atoms with van der Waals surface area (Å²) < 4.78 is 5.23. The number of nitrogens with one attached hydrogen (secondary N) is 1. The Morgan fingerprint density at radius 2 is 2.36 bits per heavy atom. The number of benzene rings is 1. The molecule has 1 aliphatic rings. The summed E-state index contributed by atoms with van der Waals surface area (Å²) in [6.07, 6.45) is 4.52. The number of nitrogens with zero attached hydrogens (tertiary/aromatic N) is 1. The minimum atomic E-state index is 0.182. The molecular weight excluding hydrogens is 300 g/mol. The largest absolute Gasteiger partial charge is 0.384 e. The van der Waals surface area contributed by atoms with Gasteiger partial charge in [0, 0.05) is 42.3 Å². The zero-order valence-corrected chi connectivity index (χ0v) is 13.5. The first-order chi connectivity index (χ1) is 10.7. The molecule has 0 spiro atoms. The predicted octanol–water partition coefficient (Wildman–Crippen LogP) is 3.25. The molecule has 3 rings (SSSR count). The molecule has 22 heavy (non-hydrogen) atoms. The van der Waals surface area contributed by atoms with Gasteiger partial charge in [-0.15, -0.1) is 0 Å². The number of carbonyl (C=O) groups excluding carboxylic acids is 1. The minimum absolute atomic E-state index is 0.182. The van der Waals surface area contributed by atoms with Crippen LogP contribution in [-0.4, -0.2) is 42.6 Å². The number of aromatic amines is 1. The highest BCUT2D eigenvalue weighted by atomic mass is 35.5. The highest BCUT2D eigenvalue weighted by Gasteiger charge is 2.24. The smallest absolute Gasteiger partial charge is 0.227 e. The lowest BCUT2D eigenvalue weighted by Crippen LogP contribution is -2.41. The second kappa shape index (κ2) is 6.71. The maximum absolute atomic E-state index is 12.6.